The molecule has 1 nitrogen and oxygen atoms in total. The molecule has 6 heavy (non-hydrogen) atoms. The Morgan fingerprint density at radius 2 is 2.33 bits per heavy atom. The third-order valence-electron chi connectivity index (χ3n) is 0.313. The molecule has 0 aliphatic carbocycles. The molecular formula is C4H6BrN. The Labute approximate surface area is 45.7 Å². The topological polar surface area (TPSA) is 23.9 Å². The van der Waals surface area contributed by atoms with Gasteiger partial charge in [-0.15, -0.1) is 0 Å². The monoisotopic (exact) mass is 147 g/mol. The van der Waals surface area contributed by atoms with Crippen molar-refractivity contribution < 1.29 is 0 Å². The molecule has 0 saturated carbocycles. The Hall–Kier alpha value is -0.110. The summed E-state index contributed by atoms with van der Waals surface area (Å²) >= 11 is 2.93. The molecular weight excluding hydrogens is 142 g/mol. The third kappa shape index (κ3) is 3.89. The van der Waals surface area contributed by atoms with Crippen molar-refractivity contribution in [3.8, 4) is 0 Å². The molecule has 0 rings (SSSR count). The molecule has 0 radical (unpaired) electrons. The highest BCUT2D eigenvalue weighted by atomic mass is 79.9. The molecule has 0 spiro atoms. The smallest absolute Gasteiger partial charge is 0.0963 e. The Bertz CT molecular complexity index is 75.6. The summed E-state index contributed by atoms with van der Waals surface area (Å²) in [5.41, 5.74) is 0. The van der Waals surface area contributed by atoms with Gasteiger partial charge < -0.3 is 0 Å². The van der Waals surface area contributed by atoms with Crippen LogP contribution in [0.4, 0.5) is 0 Å². The quantitative estimate of drug-likeness (QED) is 0.549. The predicted octanol–water partition coefficient (Wildman–Crippen LogP) is 1.93. The number of hydrogen-bond donors (Lipinski definition) is 1. The number of halogens is 1. The first-order valence-electron chi connectivity index (χ1n) is 1.64. The molecule has 2 heteroatoms. The van der Waals surface area contributed by atoms with E-state index >= 15 is 0 Å². The van der Waals surface area contributed by atoms with Gasteiger partial charge in [0.15, 0.2) is 0 Å². The fourth-order valence-electron chi connectivity index (χ4n) is 0.146. The Kier molecular flexibility index (Phi) is 3.04. The number of hydrogen-bond acceptors (Lipinski definition) is 1. The van der Waals surface area contributed by atoms with Crippen LogP contribution < -0.4 is 0 Å². The summed E-state index contributed by atoms with van der Waals surface area (Å²) < 4.78 is 0.421. The van der Waals surface area contributed by atoms with Crippen LogP contribution in [0, 0.1) is 5.41 Å². The molecule has 1 N–H and O–H groups in total. The lowest BCUT2D eigenvalue weighted by atomic mass is 10.6. The summed E-state index contributed by atoms with van der Waals surface area (Å²) in [6.07, 6.45) is 3.47. The zero-order valence-corrected chi connectivity index (χ0v) is 5.12. The van der Waals surface area contributed by atoms with Gasteiger partial charge in [-0.05, 0) is 28.9 Å². The molecule has 0 bridgehead atoms. The molecule has 0 aromatic rings. The minimum atomic E-state index is 0.421. The van der Waals surface area contributed by atoms with Crippen molar-refractivity contribution >= 4 is 20.6 Å². The van der Waals surface area contributed by atoms with Gasteiger partial charge >= 0.3 is 0 Å². The van der Waals surface area contributed by atoms with E-state index in [4.69, 9.17) is 5.41 Å². The van der Waals surface area contributed by atoms with Crippen LogP contribution >= 0.6 is 15.9 Å². The fraction of sp³-hybridized carbons (Fsp3) is 0.250. The maximum absolute atomic E-state index is 6.72. The normalized spacial score (nSPS) is 9.67. The lowest BCUT2D eigenvalue weighted by Gasteiger charge is -1.70. The van der Waals surface area contributed by atoms with Crippen molar-refractivity contribution in [2.24, 2.45) is 0 Å². The van der Waals surface area contributed by atoms with Crippen LogP contribution in [0.3, 0.4) is 0 Å². The second-order valence-corrected chi connectivity index (χ2v) is 1.70. The molecule has 0 heterocycles. The number of rotatable bonds is 1. The average Bonchev–Trinajstić information content (AvgIpc) is 1.35. The average molecular weight is 148 g/mol. The van der Waals surface area contributed by atoms with Crippen molar-refractivity contribution in [2.45, 2.75) is 6.92 Å². The number of allylic oxidation sites excluding steroid dienone is 2. The molecule has 0 fully saturated rings. The second-order valence-electron chi connectivity index (χ2n) is 0.848. The lowest BCUT2D eigenvalue weighted by Crippen LogP contribution is -1.66. The molecule has 0 aliphatic heterocycles. The maximum Gasteiger partial charge on any atom is 0.0963 e. The second kappa shape index (κ2) is 3.09. The van der Waals surface area contributed by atoms with Crippen molar-refractivity contribution in [3.63, 3.8) is 0 Å². The summed E-state index contributed by atoms with van der Waals surface area (Å²) in [7, 11) is 0. The van der Waals surface area contributed by atoms with Crippen molar-refractivity contribution in [2.75, 3.05) is 0 Å². The van der Waals surface area contributed by atoms with Gasteiger partial charge in [-0.3, -0.25) is 5.41 Å². The van der Waals surface area contributed by atoms with E-state index in [1.54, 1.807) is 12.2 Å². The summed E-state index contributed by atoms with van der Waals surface area (Å²) in [5, 5.41) is 6.72. The standard InChI is InChI=1S/C4H6BrN/c1-2-3-4(5)6/h2-3,6H,1H3. The lowest BCUT2D eigenvalue weighted by molar-refractivity contribution is 1.56. The highest BCUT2D eigenvalue weighted by molar-refractivity contribution is 9.18. The van der Waals surface area contributed by atoms with Gasteiger partial charge in [0.2, 0.25) is 0 Å². The summed E-state index contributed by atoms with van der Waals surface area (Å²) in [4.78, 5) is 0. The molecule has 0 aromatic heterocycles. The van der Waals surface area contributed by atoms with Crippen LogP contribution in [0.15, 0.2) is 12.2 Å². The van der Waals surface area contributed by atoms with Gasteiger partial charge in [0, 0.05) is 0 Å². The Morgan fingerprint density at radius 1 is 1.83 bits per heavy atom. The largest absolute Gasteiger partial charge is 0.293 e. The molecule has 0 amide bonds. The molecule has 0 aromatic carbocycles. The van der Waals surface area contributed by atoms with Gasteiger partial charge in [0.25, 0.3) is 0 Å². The predicted molar refractivity (Wildman–Crippen MR) is 31.5 cm³/mol. The van der Waals surface area contributed by atoms with Crippen LogP contribution in [0.25, 0.3) is 0 Å². The minimum Gasteiger partial charge on any atom is -0.293 e. The van der Waals surface area contributed by atoms with Gasteiger partial charge in [-0.1, -0.05) is 6.08 Å². The molecule has 0 saturated heterocycles. The minimum absolute atomic E-state index is 0.421. The van der Waals surface area contributed by atoms with E-state index in [-0.39, 0.29) is 0 Å². The van der Waals surface area contributed by atoms with E-state index < -0.39 is 0 Å². The first-order valence-corrected chi connectivity index (χ1v) is 2.43. The summed E-state index contributed by atoms with van der Waals surface area (Å²) in [6, 6.07) is 0. The summed E-state index contributed by atoms with van der Waals surface area (Å²) in [5.74, 6) is 0. The van der Waals surface area contributed by atoms with Crippen LogP contribution in [0.1, 0.15) is 6.92 Å². The van der Waals surface area contributed by atoms with E-state index in [0.717, 1.165) is 0 Å². The maximum atomic E-state index is 6.72. The third-order valence-corrected chi connectivity index (χ3v) is 0.577. The van der Waals surface area contributed by atoms with Gasteiger partial charge in [-0.25, -0.2) is 0 Å². The molecule has 34 valence electrons. The Balaban J connectivity index is 3.30. The number of nitrogens with one attached hydrogen (secondary N) is 1. The first-order chi connectivity index (χ1) is 2.77. The first kappa shape index (κ1) is 5.89. The van der Waals surface area contributed by atoms with E-state index in [2.05, 4.69) is 15.9 Å². The van der Waals surface area contributed by atoms with E-state index in [1.807, 2.05) is 6.92 Å². The SMILES string of the molecule is CC=CC(=N)Br. The van der Waals surface area contributed by atoms with Crippen LogP contribution in [0.2, 0.25) is 0 Å². The van der Waals surface area contributed by atoms with E-state index in [1.165, 1.54) is 0 Å². The van der Waals surface area contributed by atoms with Crippen LogP contribution in [-0.2, 0) is 0 Å². The van der Waals surface area contributed by atoms with Gasteiger partial charge in [0.1, 0.15) is 0 Å². The zero-order valence-electron chi connectivity index (χ0n) is 3.53. The van der Waals surface area contributed by atoms with Crippen molar-refractivity contribution in [1.82, 2.24) is 0 Å². The summed E-state index contributed by atoms with van der Waals surface area (Å²) in [6.45, 7) is 1.87. The van der Waals surface area contributed by atoms with Crippen LogP contribution in [0.5, 0.6) is 0 Å². The zero-order chi connectivity index (χ0) is 4.99. The van der Waals surface area contributed by atoms with Crippen molar-refractivity contribution in [1.29, 1.82) is 5.41 Å². The highest BCUT2D eigenvalue weighted by Crippen LogP contribution is 1.84. The van der Waals surface area contributed by atoms with E-state index in [0.29, 0.717) is 4.62 Å². The molecule has 0 aliphatic rings. The van der Waals surface area contributed by atoms with Gasteiger partial charge in [-0.2, -0.15) is 0 Å². The Morgan fingerprint density at radius 3 is 2.33 bits per heavy atom. The van der Waals surface area contributed by atoms with E-state index in [9.17, 15) is 0 Å². The molecule has 0 unspecified atom stereocenters. The van der Waals surface area contributed by atoms with Gasteiger partial charge in [0.05, 0.1) is 4.62 Å². The fourth-order valence-corrected chi connectivity index (χ4v) is 0.411. The van der Waals surface area contributed by atoms with Crippen molar-refractivity contribution in [3.05, 3.63) is 12.2 Å². The highest BCUT2D eigenvalue weighted by Gasteiger charge is 1.69. The van der Waals surface area contributed by atoms with Crippen LogP contribution in [-0.4, -0.2) is 4.62 Å². The molecule has 0 atom stereocenters.